The Balaban J connectivity index is 2.23. The summed E-state index contributed by atoms with van der Waals surface area (Å²) >= 11 is 0. The summed E-state index contributed by atoms with van der Waals surface area (Å²) in [6.45, 7) is 0.714. The summed E-state index contributed by atoms with van der Waals surface area (Å²) in [6, 6.07) is 7.07. The van der Waals surface area contributed by atoms with Crippen molar-refractivity contribution in [2.45, 2.75) is 44.0 Å². The molecule has 1 aliphatic rings. The minimum absolute atomic E-state index is 0.0448. The Kier molecular flexibility index (Phi) is 5.75. The molecular formula is C15H24N2O3S. The van der Waals surface area contributed by atoms with Crippen molar-refractivity contribution in [1.82, 2.24) is 4.31 Å². The van der Waals surface area contributed by atoms with Crippen molar-refractivity contribution in [3.8, 4) is 0 Å². The summed E-state index contributed by atoms with van der Waals surface area (Å²) in [4.78, 5) is 0. The minimum Gasteiger partial charge on any atom is -0.395 e. The number of hydrogen-bond acceptors (Lipinski definition) is 4. The Labute approximate surface area is 126 Å². The van der Waals surface area contributed by atoms with E-state index in [9.17, 15) is 13.5 Å². The molecular weight excluding hydrogens is 288 g/mol. The van der Waals surface area contributed by atoms with Crippen molar-refractivity contribution in [3.05, 3.63) is 35.4 Å². The van der Waals surface area contributed by atoms with E-state index >= 15 is 0 Å². The molecule has 0 spiro atoms. The first-order chi connectivity index (χ1) is 10.1. The van der Waals surface area contributed by atoms with E-state index in [2.05, 4.69) is 0 Å². The smallest absolute Gasteiger partial charge is 0.218 e. The fourth-order valence-electron chi connectivity index (χ4n) is 2.88. The van der Waals surface area contributed by atoms with Gasteiger partial charge in [0, 0.05) is 19.1 Å². The average molecular weight is 312 g/mol. The number of benzene rings is 1. The zero-order valence-electron chi connectivity index (χ0n) is 12.2. The first kappa shape index (κ1) is 16.4. The van der Waals surface area contributed by atoms with Gasteiger partial charge in [-0.1, -0.05) is 37.1 Å². The molecule has 1 fully saturated rings. The van der Waals surface area contributed by atoms with Crippen LogP contribution in [0.5, 0.6) is 0 Å². The van der Waals surface area contributed by atoms with E-state index in [0.717, 1.165) is 36.8 Å². The summed E-state index contributed by atoms with van der Waals surface area (Å²) in [6.07, 6.45) is 3.57. The van der Waals surface area contributed by atoms with Gasteiger partial charge < -0.3 is 10.8 Å². The molecule has 0 amide bonds. The lowest BCUT2D eigenvalue weighted by Crippen LogP contribution is -2.42. The lowest BCUT2D eigenvalue weighted by Gasteiger charge is -2.28. The van der Waals surface area contributed by atoms with Crippen molar-refractivity contribution in [3.63, 3.8) is 0 Å². The molecule has 0 saturated carbocycles. The number of aliphatic hydroxyl groups is 1. The van der Waals surface area contributed by atoms with E-state index in [1.165, 1.54) is 4.31 Å². The Hall–Kier alpha value is -0.950. The first-order valence-corrected chi connectivity index (χ1v) is 9.06. The maximum Gasteiger partial charge on any atom is 0.218 e. The predicted molar refractivity (Wildman–Crippen MR) is 83.0 cm³/mol. The van der Waals surface area contributed by atoms with Gasteiger partial charge in [-0.2, -0.15) is 4.31 Å². The van der Waals surface area contributed by atoms with Crippen LogP contribution in [-0.4, -0.2) is 37.0 Å². The summed E-state index contributed by atoms with van der Waals surface area (Å²) in [5, 5.41) is 9.49. The van der Waals surface area contributed by atoms with Crippen LogP contribution < -0.4 is 5.73 Å². The van der Waals surface area contributed by atoms with Gasteiger partial charge in [-0.15, -0.1) is 0 Å². The summed E-state index contributed by atoms with van der Waals surface area (Å²) in [5.74, 6) is -0.0448. The van der Waals surface area contributed by atoms with Gasteiger partial charge in [0.1, 0.15) is 0 Å². The Bertz CT molecular complexity index is 560. The Morgan fingerprint density at radius 2 is 1.90 bits per heavy atom. The van der Waals surface area contributed by atoms with E-state index in [1.54, 1.807) is 0 Å². The molecule has 1 unspecified atom stereocenters. The van der Waals surface area contributed by atoms with Crippen LogP contribution in [0.4, 0.5) is 0 Å². The van der Waals surface area contributed by atoms with Gasteiger partial charge in [-0.3, -0.25) is 0 Å². The SMILES string of the molecule is NCc1ccccc1CS(=O)(=O)N1CCCCCC1CO. The number of nitrogens with two attached hydrogens (primary N) is 1. The number of rotatable bonds is 5. The molecule has 1 aliphatic heterocycles. The van der Waals surface area contributed by atoms with Crippen LogP contribution in [0.3, 0.4) is 0 Å². The van der Waals surface area contributed by atoms with Crippen LogP contribution in [0.2, 0.25) is 0 Å². The third kappa shape index (κ3) is 4.03. The van der Waals surface area contributed by atoms with E-state index in [0.29, 0.717) is 13.1 Å². The summed E-state index contributed by atoms with van der Waals surface area (Å²) in [5.41, 5.74) is 7.29. The molecule has 1 atom stereocenters. The molecule has 3 N–H and O–H groups in total. The number of aliphatic hydroxyl groups excluding tert-OH is 1. The summed E-state index contributed by atoms with van der Waals surface area (Å²) < 4.78 is 26.9. The zero-order valence-corrected chi connectivity index (χ0v) is 13.1. The standard InChI is InChI=1S/C15H24N2O3S/c16-10-13-6-3-4-7-14(13)12-21(19,20)17-9-5-1-2-8-15(17)11-18/h3-4,6-7,15,18H,1-2,5,8-12,16H2. The summed E-state index contributed by atoms with van der Waals surface area (Å²) in [7, 11) is -3.44. The van der Waals surface area contributed by atoms with E-state index in [-0.39, 0.29) is 18.4 Å². The highest BCUT2D eigenvalue weighted by Gasteiger charge is 2.31. The Morgan fingerprint density at radius 3 is 2.57 bits per heavy atom. The molecule has 0 aromatic heterocycles. The molecule has 1 aromatic carbocycles. The Morgan fingerprint density at radius 1 is 1.19 bits per heavy atom. The van der Waals surface area contributed by atoms with Crippen LogP contribution in [0.1, 0.15) is 36.8 Å². The second-order valence-corrected chi connectivity index (χ2v) is 7.45. The normalized spacial score (nSPS) is 21.1. The van der Waals surface area contributed by atoms with Crippen LogP contribution in [0, 0.1) is 0 Å². The molecule has 118 valence electrons. The molecule has 2 rings (SSSR count). The van der Waals surface area contributed by atoms with Crippen LogP contribution in [-0.2, 0) is 22.3 Å². The van der Waals surface area contributed by atoms with Gasteiger partial charge in [0.2, 0.25) is 10.0 Å². The zero-order chi connectivity index (χ0) is 15.3. The van der Waals surface area contributed by atoms with Crippen molar-refractivity contribution in [2.24, 2.45) is 5.73 Å². The fraction of sp³-hybridized carbons (Fsp3) is 0.600. The molecule has 0 radical (unpaired) electrons. The third-order valence-electron chi connectivity index (χ3n) is 4.07. The molecule has 6 heteroatoms. The van der Waals surface area contributed by atoms with Crippen molar-refractivity contribution in [2.75, 3.05) is 13.2 Å². The van der Waals surface area contributed by atoms with E-state index < -0.39 is 10.0 Å². The maximum absolute atomic E-state index is 12.7. The van der Waals surface area contributed by atoms with Gasteiger partial charge in [-0.25, -0.2) is 8.42 Å². The average Bonchev–Trinajstić information content (AvgIpc) is 2.73. The highest BCUT2D eigenvalue weighted by atomic mass is 32.2. The van der Waals surface area contributed by atoms with E-state index in [4.69, 9.17) is 5.73 Å². The number of sulfonamides is 1. The number of nitrogens with zero attached hydrogens (tertiary/aromatic N) is 1. The van der Waals surface area contributed by atoms with Gasteiger partial charge in [0.05, 0.1) is 12.4 Å². The van der Waals surface area contributed by atoms with Crippen LogP contribution in [0.15, 0.2) is 24.3 Å². The van der Waals surface area contributed by atoms with Gasteiger partial charge in [-0.05, 0) is 24.0 Å². The van der Waals surface area contributed by atoms with Gasteiger partial charge in [0.25, 0.3) is 0 Å². The highest BCUT2D eigenvalue weighted by molar-refractivity contribution is 7.88. The van der Waals surface area contributed by atoms with Gasteiger partial charge >= 0.3 is 0 Å². The second kappa shape index (κ2) is 7.35. The lowest BCUT2D eigenvalue weighted by atomic mass is 10.1. The largest absolute Gasteiger partial charge is 0.395 e. The van der Waals surface area contributed by atoms with Crippen LogP contribution in [0.25, 0.3) is 0 Å². The molecule has 5 nitrogen and oxygen atoms in total. The maximum atomic E-state index is 12.7. The minimum atomic E-state index is -3.44. The molecule has 0 aliphatic carbocycles. The molecule has 1 aromatic rings. The second-order valence-electron chi connectivity index (χ2n) is 5.53. The van der Waals surface area contributed by atoms with Crippen LogP contribution >= 0.6 is 0 Å². The quantitative estimate of drug-likeness (QED) is 0.856. The highest BCUT2D eigenvalue weighted by Crippen LogP contribution is 2.23. The fourth-order valence-corrected chi connectivity index (χ4v) is 4.75. The number of hydrogen-bond donors (Lipinski definition) is 2. The lowest BCUT2D eigenvalue weighted by molar-refractivity contribution is 0.186. The third-order valence-corrected chi connectivity index (χ3v) is 5.94. The first-order valence-electron chi connectivity index (χ1n) is 7.45. The van der Waals surface area contributed by atoms with Crippen molar-refractivity contribution >= 4 is 10.0 Å². The topological polar surface area (TPSA) is 83.6 Å². The molecule has 0 bridgehead atoms. The van der Waals surface area contributed by atoms with Crippen molar-refractivity contribution < 1.29 is 13.5 Å². The monoisotopic (exact) mass is 312 g/mol. The van der Waals surface area contributed by atoms with E-state index in [1.807, 2.05) is 24.3 Å². The van der Waals surface area contributed by atoms with Gasteiger partial charge in [0.15, 0.2) is 0 Å². The molecule has 21 heavy (non-hydrogen) atoms. The molecule has 1 heterocycles. The van der Waals surface area contributed by atoms with Crippen molar-refractivity contribution in [1.29, 1.82) is 0 Å². The predicted octanol–water partition coefficient (Wildman–Crippen LogP) is 1.21. The molecule has 1 saturated heterocycles.